The minimum Gasteiger partial charge on any atom is -0.493 e. The quantitative estimate of drug-likeness (QED) is 0.832. The van der Waals surface area contributed by atoms with Crippen LogP contribution in [0.25, 0.3) is 0 Å². The molecule has 0 bridgehead atoms. The zero-order chi connectivity index (χ0) is 15.1. The first-order valence-corrected chi connectivity index (χ1v) is 7.00. The molecule has 1 aromatic carbocycles. The number of hydrogen-bond acceptors (Lipinski definition) is 4. The number of nitrogens with zero attached hydrogens (tertiary/aromatic N) is 2. The second kappa shape index (κ2) is 7.59. The highest BCUT2D eigenvalue weighted by molar-refractivity contribution is 6.29. The number of carbonyl (C=O) groups is 1. The Morgan fingerprint density at radius 1 is 1.24 bits per heavy atom. The van der Waals surface area contributed by atoms with Crippen LogP contribution in [-0.2, 0) is 4.79 Å². The summed E-state index contributed by atoms with van der Waals surface area (Å²) in [7, 11) is 0. The maximum absolute atomic E-state index is 11.7. The van der Waals surface area contributed by atoms with Gasteiger partial charge >= 0.3 is 0 Å². The van der Waals surface area contributed by atoms with Crippen LogP contribution in [0.3, 0.4) is 0 Å². The largest absolute Gasteiger partial charge is 0.493 e. The van der Waals surface area contributed by atoms with Crippen LogP contribution < -0.4 is 10.1 Å². The maximum atomic E-state index is 11.7. The molecule has 21 heavy (non-hydrogen) atoms. The van der Waals surface area contributed by atoms with Gasteiger partial charge in [0, 0.05) is 6.42 Å². The van der Waals surface area contributed by atoms with Gasteiger partial charge in [0.25, 0.3) is 0 Å². The fourth-order valence-electron chi connectivity index (χ4n) is 1.72. The normalized spacial score (nSPS) is 10.2. The van der Waals surface area contributed by atoms with Gasteiger partial charge in [0.1, 0.15) is 5.75 Å². The van der Waals surface area contributed by atoms with Crippen molar-refractivity contribution >= 4 is 23.3 Å². The van der Waals surface area contributed by atoms with Crippen LogP contribution in [0.1, 0.15) is 18.4 Å². The summed E-state index contributed by atoms with van der Waals surface area (Å²) in [5, 5.41) is 10.4. The number of anilines is 1. The third-order valence-electron chi connectivity index (χ3n) is 2.80. The summed E-state index contributed by atoms with van der Waals surface area (Å²) in [6.07, 6.45) is 0.984. The zero-order valence-electron chi connectivity index (χ0n) is 11.7. The van der Waals surface area contributed by atoms with Gasteiger partial charge in [-0.2, -0.15) is 0 Å². The van der Waals surface area contributed by atoms with Crippen LogP contribution >= 0.6 is 11.6 Å². The Kier molecular flexibility index (Phi) is 5.51. The van der Waals surface area contributed by atoms with E-state index < -0.39 is 0 Å². The predicted molar refractivity (Wildman–Crippen MR) is 81.6 cm³/mol. The SMILES string of the molecule is Cc1ccccc1OCCCC(=O)Nc1ccc(Cl)nn1. The molecule has 110 valence electrons. The van der Waals surface area contributed by atoms with E-state index in [1.54, 1.807) is 12.1 Å². The van der Waals surface area contributed by atoms with Crippen molar-refractivity contribution in [2.75, 3.05) is 11.9 Å². The highest BCUT2D eigenvalue weighted by atomic mass is 35.5. The molecule has 1 amide bonds. The van der Waals surface area contributed by atoms with Crippen molar-refractivity contribution in [1.29, 1.82) is 0 Å². The molecule has 2 aromatic rings. The van der Waals surface area contributed by atoms with Crippen molar-refractivity contribution in [3.8, 4) is 5.75 Å². The van der Waals surface area contributed by atoms with Crippen LogP contribution in [0.4, 0.5) is 5.82 Å². The van der Waals surface area contributed by atoms with E-state index >= 15 is 0 Å². The number of carbonyl (C=O) groups excluding carboxylic acids is 1. The van der Waals surface area contributed by atoms with Crippen LogP contribution in [-0.4, -0.2) is 22.7 Å². The van der Waals surface area contributed by atoms with E-state index in [9.17, 15) is 4.79 Å². The molecule has 0 unspecified atom stereocenters. The number of aryl methyl sites for hydroxylation is 1. The van der Waals surface area contributed by atoms with E-state index in [0.717, 1.165) is 11.3 Å². The molecule has 0 radical (unpaired) electrons. The molecule has 0 aliphatic rings. The molecule has 5 nitrogen and oxygen atoms in total. The number of rotatable bonds is 6. The predicted octanol–water partition coefficient (Wildman–Crippen LogP) is 3.24. The second-order valence-corrected chi connectivity index (χ2v) is 4.89. The average molecular weight is 306 g/mol. The molecule has 1 heterocycles. The van der Waals surface area contributed by atoms with Gasteiger partial charge < -0.3 is 10.1 Å². The lowest BCUT2D eigenvalue weighted by Gasteiger charge is -2.08. The number of hydrogen-bond donors (Lipinski definition) is 1. The van der Waals surface area contributed by atoms with E-state index in [0.29, 0.717) is 30.4 Å². The first-order chi connectivity index (χ1) is 10.1. The highest BCUT2D eigenvalue weighted by Crippen LogP contribution is 2.16. The summed E-state index contributed by atoms with van der Waals surface area (Å²) < 4.78 is 5.63. The first kappa shape index (κ1) is 15.3. The van der Waals surface area contributed by atoms with Gasteiger partial charge in [0.15, 0.2) is 11.0 Å². The number of amides is 1. The molecule has 0 saturated carbocycles. The van der Waals surface area contributed by atoms with Crippen molar-refractivity contribution in [1.82, 2.24) is 10.2 Å². The van der Waals surface area contributed by atoms with Gasteiger partial charge in [0.05, 0.1) is 6.61 Å². The maximum Gasteiger partial charge on any atom is 0.225 e. The molecular weight excluding hydrogens is 290 g/mol. The van der Waals surface area contributed by atoms with E-state index in [2.05, 4.69) is 15.5 Å². The fraction of sp³-hybridized carbons (Fsp3) is 0.267. The molecule has 1 N–H and O–H groups in total. The third kappa shape index (κ3) is 5.04. The van der Waals surface area contributed by atoms with E-state index in [1.165, 1.54) is 0 Å². The topological polar surface area (TPSA) is 64.1 Å². The number of nitrogens with one attached hydrogen (secondary N) is 1. The summed E-state index contributed by atoms with van der Waals surface area (Å²) in [4.78, 5) is 11.7. The Morgan fingerprint density at radius 2 is 2.05 bits per heavy atom. The summed E-state index contributed by atoms with van der Waals surface area (Å²) in [5.74, 6) is 1.12. The molecular formula is C15H16ClN3O2. The van der Waals surface area contributed by atoms with Crippen LogP contribution in [0.2, 0.25) is 5.15 Å². The van der Waals surface area contributed by atoms with Gasteiger partial charge in [0.2, 0.25) is 5.91 Å². The smallest absolute Gasteiger partial charge is 0.225 e. The van der Waals surface area contributed by atoms with Crippen molar-refractivity contribution < 1.29 is 9.53 Å². The Labute approximate surface area is 128 Å². The van der Waals surface area contributed by atoms with Crippen molar-refractivity contribution in [2.45, 2.75) is 19.8 Å². The van der Waals surface area contributed by atoms with Crippen LogP contribution in [0.15, 0.2) is 36.4 Å². The fourth-order valence-corrected chi connectivity index (χ4v) is 1.82. The van der Waals surface area contributed by atoms with E-state index in [-0.39, 0.29) is 5.91 Å². The summed E-state index contributed by atoms with van der Waals surface area (Å²) in [6, 6.07) is 11.0. The number of benzene rings is 1. The number of ether oxygens (including phenoxy) is 1. The van der Waals surface area contributed by atoms with Gasteiger partial charge in [-0.1, -0.05) is 29.8 Å². The Hall–Kier alpha value is -2.14. The standard InChI is InChI=1S/C15H16ClN3O2/c1-11-5-2-3-6-12(11)21-10-4-7-15(20)17-14-9-8-13(16)18-19-14/h2-3,5-6,8-9H,4,7,10H2,1H3,(H,17,19,20). The average Bonchev–Trinajstić information content (AvgIpc) is 2.48. The minimum absolute atomic E-state index is 0.125. The van der Waals surface area contributed by atoms with Crippen molar-refractivity contribution in [2.24, 2.45) is 0 Å². The summed E-state index contributed by atoms with van der Waals surface area (Å²) in [6.45, 7) is 2.48. The monoisotopic (exact) mass is 305 g/mol. The molecule has 0 aliphatic heterocycles. The van der Waals surface area contributed by atoms with Gasteiger partial charge in [-0.25, -0.2) is 0 Å². The molecule has 0 aliphatic carbocycles. The van der Waals surface area contributed by atoms with Crippen molar-refractivity contribution in [3.63, 3.8) is 0 Å². The number of aromatic nitrogens is 2. The highest BCUT2D eigenvalue weighted by Gasteiger charge is 2.04. The zero-order valence-corrected chi connectivity index (χ0v) is 12.4. The van der Waals surface area contributed by atoms with E-state index in [1.807, 2.05) is 31.2 Å². The molecule has 0 saturated heterocycles. The number of halogens is 1. The molecule has 0 atom stereocenters. The number of para-hydroxylation sites is 1. The Bertz CT molecular complexity index is 602. The lowest BCUT2D eigenvalue weighted by molar-refractivity contribution is -0.116. The van der Waals surface area contributed by atoms with Crippen molar-refractivity contribution in [3.05, 3.63) is 47.1 Å². The second-order valence-electron chi connectivity index (χ2n) is 4.51. The molecule has 1 aromatic heterocycles. The lowest BCUT2D eigenvalue weighted by Crippen LogP contribution is -2.14. The lowest BCUT2D eigenvalue weighted by atomic mass is 10.2. The third-order valence-corrected chi connectivity index (χ3v) is 3.00. The molecule has 6 heteroatoms. The van der Waals surface area contributed by atoms with Crippen LogP contribution in [0, 0.1) is 6.92 Å². The Morgan fingerprint density at radius 3 is 2.76 bits per heavy atom. The van der Waals surface area contributed by atoms with E-state index in [4.69, 9.17) is 16.3 Å². The van der Waals surface area contributed by atoms with Gasteiger partial charge in [-0.05, 0) is 37.1 Å². The molecule has 2 rings (SSSR count). The molecule has 0 fully saturated rings. The summed E-state index contributed by atoms with van der Waals surface area (Å²) >= 11 is 5.62. The molecule has 0 spiro atoms. The van der Waals surface area contributed by atoms with Crippen LogP contribution in [0.5, 0.6) is 5.75 Å². The van der Waals surface area contributed by atoms with Gasteiger partial charge in [-0.15, -0.1) is 10.2 Å². The minimum atomic E-state index is -0.125. The first-order valence-electron chi connectivity index (χ1n) is 6.62. The van der Waals surface area contributed by atoms with Gasteiger partial charge in [-0.3, -0.25) is 4.79 Å². The Balaban J connectivity index is 1.70. The summed E-state index contributed by atoms with van der Waals surface area (Å²) in [5.41, 5.74) is 1.08.